The number of aromatic nitrogens is 2. The molecule has 2 saturated heterocycles. The topological polar surface area (TPSA) is 41.4 Å². The van der Waals surface area contributed by atoms with Gasteiger partial charge in [0.25, 0.3) is 5.91 Å². The lowest BCUT2D eigenvalue weighted by atomic mass is 9.94. The van der Waals surface area contributed by atoms with E-state index < -0.39 is 0 Å². The van der Waals surface area contributed by atoms with Crippen molar-refractivity contribution in [2.75, 3.05) is 31.1 Å². The molecule has 144 valence electrons. The average Bonchev–Trinajstić information content (AvgIpc) is 3.15. The lowest BCUT2D eigenvalue weighted by Gasteiger charge is -2.33. The molecule has 5 heteroatoms. The highest BCUT2D eigenvalue weighted by atomic mass is 16.2. The Morgan fingerprint density at radius 1 is 1.04 bits per heavy atom. The number of anilines is 1. The summed E-state index contributed by atoms with van der Waals surface area (Å²) < 4.78 is 1.84. The van der Waals surface area contributed by atoms with Crippen LogP contribution in [0.3, 0.4) is 0 Å². The first kappa shape index (κ1) is 18.1. The maximum atomic E-state index is 13.0. The van der Waals surface area contributed by atoms with Crippen LogP contribution in [0.2, 0.25) is 0 Å². The summed E-state index contributed by atoms with van der Waals surface area (Å²) >= 11 is 0. The number of aryl methyl sites for hydroxylation is 1. The van der Waals surface area contributed by atoms with Gasteiger partial charge in [0.05, 0.1) is 5.69 Å². The molecule has 5 nitrogen and oxygen atoms in total. The summed E-state index contributed by atoms with van der Waals surface area (Å²) in [6.45, 7) is 6.17. The van der Waals surface area contributed by atoms with E-state index in [1.54, 1.807) is 0 Å². The van der Waals surface area contributed by atoms with Gasteiger partial charge in [0, 0.05) is 56.6 Å². The highest BCUT2D eigenvalue weighted by Crippen LogP contribution is 2.27. The van der Waals surface area contributed by atoms with Gasteiger partial charge in [0.15, 0.2) is 0 Å². The van der Waals surface area contributed by atoms with Crippen molar-refractivity contribution >= 4 is 11.6 Å². The van der Waals surface area contributed by atoms with Gasteiger partial charge in [-0.05, 0) is 61.9 Å². The van der Waals surface area contributed by atoms with Gasteiger partial charge in [-0.25, -0.2) is 0 Å². The molecule has 2 aromatic rings. The first-order chi connectivity index (χ1) is 13.1. The van der Waals surface area contributed by atoms with Crippen molar-refractivity contribution < 1.29 is 4.79 Å². The first-order valence-corrected chi connectivity index (χ1v) is 10.2. The minimum Gasteiger partial charge on any atom is -0.372 e. The van der Waals surface area contributed by atoms with E-state index in [-0.39, 0.29) is 5.91 Å². The zero-order valence-corrected chi connectivity index (χ0v) is 16.5. The molecule has 0 saturated carbocycles. The monoisotopic (exact) mass is 366 g/mol. The van der Waals surface area contributed by atoms with E-state index in [2.05, 4.69) is 35.1 Å². The second-order valence-corrected chi connectivity index (χ2v) is 8.22. The standard InChI is InChI=1S/C22H30N4O/c1-17-9-14-25(15-10-17)20-7-5-18(6-8-20)22(27)26-12-3-4-19(16-26)21-11-13-24(2)23-21/h5-8,11,13,17,19H,3-4,9-10,12,14-16H2,1-2H3. The third kappa shape index (κ3) is 4.02. The van der Waals surface area contributed by atoms with E-state index in [1.165, 1.54) is 18.5 Å². The van der Waals surface area contributed by atoms with Gasteiger partial charge in [-0.2, -0.15) is 5.10 Å². The average molecular weight is 367 g/mol. The van der Waals surface area contributed by atoms with Crippen molar-refractivity contribution in [1.82, 2.24) is 14.7 Å². The van der Waals surface area contributed by atoms with Crippen molar-refractivity contribution in [3.05, 3.63) is 47.8 Å². The number of piperidine rings is 2. The van der Waals surface area contributed by atoms with Crippen LogP contribution in [0.25, 0.3) is 0 Å². The highest BCUT2D eigenvalue weighted by Gasteiger charge is 2.27. The van der Waals surface area contributed by atoms with E-state index in [0.717, 1.165) is 56.2 Å². The second-order valence-electron chi connectivity index (χ2n) is 8.22. The highest BCUT2D eigenvalue weighted by molar-refractivity contribution is 5.94. The number of nitrogens with zero attached hydrogens (tertiary/aromatic N) is 4. The Hall–Kier alpha value is -2.30. The summed E-state index contributed by atoms with van der Waals surface area (Å²) in [5.74, 6) is 1.32. The Morgan fingerprint density at radius 2 is 1.78 bits per heavy atom. The second kappa shape index (κ2) is 7.75. The van der Waals surface area contributed by atoms with Gasteiger partial charge in [-0.3, -0.25) is 9.48 Å². The number of rotatable bonds is 3. The fourth-order valence-electron chi connectivity index (χ4n) is 4.32. The van der Waals surface area contributed by atoms with Crippen molar-refractivity contribution in [2.45, 2.75) is 38.5 Å². The zero-order chi connectivity index (χ0) is 18.8. The molecule has 0 bridgehead atoms. The maximum Gasteiger partial charge on any atom is 0.253 e. The quantitative estimate of drug-likeness (QED) is 0.832. The van der Waals surface area contributed by atoms with Crippen LogP contribution in [0.4, 0.5) is 5.69 Å². The summed E-state index contributed by atoms with van der Waals surface area (Å²) in [4.78, 5) is 17.4. The molecule has 4 rings (SSSR count). The third-order valence-corrected chi connectivity index (χ3v) is 6.12. The molecule has 1 aromatic heterocycles. The number of amides is 1. The van der Waals surface area contributed by atoms with Crippen LogP contribution in [0.5, 0.6) is 0 Å². The van der Waals surface area contributed by atoms with Gasteiger partial charge >= 0.3 is 0 Å². The summed E-state index contributed by atoms with van der Waals surface area (Å²) in [5, 5.41) is 4.54. The lowest BCUT2D eigenvalue weighted by Crippen LogP contribution is -2.39. The summed E-state index contributed by atoms with van der Waals surface area (Å²) in [6, 6.07) is 10.3. The number of carbonyl (C=O) groups is 1. The molecule has 0 N–H and O–H groups in total. The Balaban J connectivity index is 1.41. The fraction of sp³-hybridized carbons (Fsp3) is 0.545. The van der Waals surface area contributed by atoms with Crippen LogP contribution in [-0.2, 0) is 7.05 Å². The number of hydrogen-bond donors (Lipinski definition) is 0. The van der Waals surface area contributed by atoms with Crippen molar-refractivity contribution in [3.8, 4) is 0 Å². The van der Waals surface area contributed by atoms with E-state index in [1.807, 2.05) is 35.0 Å². The van der Waals surface area contributed by atoms with Crippen LogP contribution in [-0.4, -0.2) is 46.8 Å². The molecule has 3 heterocycles. The van der Waals surface area contributed by atoms with Gasteiger partial charge in [-0.15, -0.1) is 0 Å². The molecule has 1 unspecified atom stereocenters. The predicted octanol–water partition coefficient (Wildman–Crippen LogP) is 3.68. The van der Waals surface area contributed by atoms with Crippen LogP contribution in [0, 0.1) is 5.92 Å². The minimum atomic E-state index is 0.148. The molecule has 0 radical (unpaired) electrons. The maximum absolute atomic E-state index is 13.0. The molecule has 0 aliphatic carbocycles. The molecule has 2 aliphatic heterocycles. The molecule has 27 heavy (non-hydrogen) atoms. The summed E-state index contributed by atoms with van der Waals surface area (Å²) in [7, 11) is 1.94. The predicted molar refractivity (Wildman–Crippen MR) is 108 cm³/mol. The van der Waals surface area contributed by atoms with Crippen molar-refractivity contribution in [1.29, 1.82) is 0 Å². The molecule has 2 aliphatic rings. The molecular formula is C22H30N4O. The fourth-order valence-corrected chi connectivity index (χ4v) is 4.32. The number of benzene rings is 1. The van der Waals surface area contributed by atoms with Crippen molar-refractivity contribution in [3.63, 3.8) is 0 Å². The molecule has 1 amide bonds. The summed E-state index contributed by atoms with van der Waals surface area (Å²) in [6.07, 6.45) is 6.63. The Morgan fingerprint density at radius 3 is 2.44 bits per heavy atom. The molecule has 0 spiro atoms. The van der Waals surface area contributed by atoms with Gasteiger partial charge in [0.2, 0.25) is 0 Å². The lowest BCUT2D eigenvalue weighted by molar-refractivity contribution is 0.0706. The summed E-state index contributed by atoms with van der Waals surface area (Å²) in [5.41, 5.74) is 3.14. The Labute approximate surface area is 162 Å². The van der Waals surface area contributed by atoms with Crippen molar-refractivity contribution in [2.24, 2.45) is 13.0 Å². The van der Waals surface area contributed by atoms with E-state index >= 15 is 0 Å². The van der Waals surface area contributed by atoms with Crippen LogP contribution in [0.1, 0.15) is 54.6 Å². The van der Waals surface area contributed by atoms with Crippen LogP contribution >= 0.6 is 0 Å². The van der Waals surface area contributed by atoms with Crippen LogP contribution in [0.15, 0.2) is 36.5 Å². The first-order valence-electron chi connectivity index (χ1n) is 10.2. The normalized spacial score (nSPS) is 21.5. The Bertz CT molecular complexity index is 774. The van der Waals surface area contributed by atoms with E-state index in [0.29, 0.717) is 5.92 Å². The van der Waals surface area contributed by atoms with Gasteiger partial charge < -0.3 is 9.80 Å². The van der Waals surface area contributed by atoms with E-state index in [9.17, 15) is 4.79 Å². The van der Waals surface area contributed by atoms with Gasteiger partial charge in [-0.1, -0.05) is 6.92 Å². The molecule has 1 atom stereocenters. The van der Waals surface area contributed by atoms with Gasteiger partial charge in [0.1, 0.15) is 0 Å². The molecular weight excluding hydrogens is 336 g/mol. The zero-order valence-electron chi connectivity index (χ0n) is 16.5. The largest absolute Gasteiger partial charge is 0.372 e. The number of hydrogen-bond acceptors (Lipinski definition) is 3. The Kier molecular flexibility index (Phi) is 5.19. The molecule has 1 aromatic carbocycles. The number of likely N-dealkylation sites (tertiary alicyclic amines) is 1. The minimum absolute atomic E-state index is 0.148. The smallest absolute Gasteiger partial charge is 0.253 e. The van der Waals surface area contributed by atoms with Crippen LogP contribution < -0.4 is 4.90 Å². The SMILES string of the molecule is CC1CCN(c2ccc(C(=O)N3CCCC(c4ccn(C)n4)C3)cc2)CC1. The molecule has 2 fully saturated rings. The third-order valence-electron chi connectivity index (χ3n) is 6.12. The van der Waals surface area contributed by atoms with E-state index in [4.69, 9.17) is 0 Å². The number of carbonyl (C=O) groups excluding carboxylic acids is 1.